The van der Waals surface area contributed by atoms with Crippen molar-refractivity contribution in [3.63, 3.8) is 0 Å². The van der Waals surface area contributed by atoms with E-state index in [0.717, 1.165) is 12.8 Å². The van der Waals surface area contributed by atoms with Gasteiger partial charge in [-0.15, -0.1) is 0 Å². The summed E-state index contributed by atoms with van der Waals surface area (Å²) >= 11 is 0. The molecule has 0 aliphatic rings. The van der Waals surface area contributed by atoms with Crippen LogP contribution < -0.4 is 10.6 Å². The summed E-state index contributed by atoms with van der Waals surface area (Å²) in [6.07, 6.45) is 1.65. The van der Waals surface area contributed by atoms with Crippen molar-refractivity contribution in [2.24, 2.45) is 23.7 Å². The zero-order chi connectivity index (χ0) is 22.7. The van der Waals surface area contributed by atoms with Gasteiger partial charge >= 0.3 is 0 Å². The first-order valence-electron chi connectivity index (χ1n) is 11.0. The van der Waals surface area contributed by atoms with Crippen molar-refractivity contribution in [1.82, 2.24) is 10.6 Å². The Balaban J connectivity index is 5.32. The topological polar surface area (TPSA) is 92.3 Å². The second-order valence-electron chi connectivity index (χ2n) is 8.75. The molecule has 0 aromatic carbocycles. The minimum atomic E-state index is -1.01. The third kappa shape index (κ3) is 9.47. The van der Waals surface area contributed by atoms with Crippen LogP contribution in [0, 0.1) is 23.7 Å². The molecule has 0 rings (SSSR count). The van der Waals surface area contributed by atoms with E-state index in [1.165, 1.54) is 0 Å². The summed E-state index contributed by atoms with van der Waals surface area (Å²) in [6, 6.07) is -1.34. The Kier molecular flexibility index (Phi) is 11.7. The van der Waals surface area contributed by atoms with Gasteiger partial charge in [0.1, 0.15) is 1.37 Å². The average Bonchev–Trinajstić information content (AvgIpc) is 2.60. The maximum absolute atomic E-state index is 13.0. The monoisotopic (exact) mass is 398 g/mol. The lowest BCUT2D eigenvalue weighted by Gasteiger charge is -2.27. The van der Waals surface area contributed by atoms with Gasteiger partial charge in [0.15, 0.2) is 11.6 Å². The van der Waals surface area contributed by atoms with Gasteiger partial charge < -0.3 is 10.6 Å². The Morgan fingerprint density at radius 1 is 1.00 bits per heavy atom. The van der Waals surface area contributed by atoms with E-state index in [-0.39, 0.29) is 41.6 Å². The fraction of sp³-hybridized carbons (Fsp3) is 0.818. The highest BCUT2D eigenvalue weighted by Crippen LogP contribution is 2.20. The minimum absolute atomic E-state index is 0.0317. The molecule has 28 heavy (non-hydrogen) atoms. The Labute approximate surface area is 172 Å². The Morgan fingerprint density at radius 2 is 1.61 bits per heavy atom. The maximum atomic E-state index is 13.0. The molecule has 0 heterocycles. The van der Waals surface area contributed by atoms with Crippen LogP contribution in [0.2, 0.25) is 0 Å². The molecule has 0 aliphatic carbocycles. The fourth-order valence-electron chi connectivity index (χ4n) is 3.20. The number of Topliss-reactive ketones (excluding diaryl/α,β-unsaturated/α-hetero) is 2. The van der Waals surface area contributed by atoms with Gasteiger partial charge in [-0.25, -0.2) is 0 Å². The Morgan fingerprint density at radius 3 is 2.04 bits per heavy atom. The van der Waals surface area contributed by atoms with Gasteiger partial charge in [0.05, 0.1) is 12.1 Å². The van der Waals surface area contributed by atoms with E-state index in [1.807, 2.05) is 34.6 Å². The predicted molar refractivity (Wildman–Crippen MR) is 112 cm³/mol. The van der Waals surface area contributed by atoms with E-state index in [0.29, 0.717) is 12.8 Å². The molecule has 0 saturated carbocycles. The fourth-order valence-corrected chi connectivity index (χ4v) is 3.20. The first-order chi connectivity index (χ1) is 13.4. The molecule has 0 aromatic heterocycles. The summed E-state index contributed by atoms with van der Waals surface area (Å²) in [5, 5.41) is 5.25. The number of carbonyl (C=O) groups is 4. The van der Waals surface area contributed by atoms with Crippen LogP contribution in [0.4, 0.5) is 0 Å². The highest BCUT2D eigenvalue weighted by Gasteiger charge is 2.32. The molecular weight excluding hydrogens is 356 g/mol. The Hall–Kier alpha value is -1.72. The third-order valence-electron chi connectivity index (χ3n) is 4.98. The van der Waals surface area contributed by atoms with Gasteiger partial charge in [-0.3, -0.25) is 19.2 Å². The average molecular weight is 399 g/mol. The molecule has 6 heteroatoms. The molecule has 0 bridgehead atoms. The van der Waals surface area contributed by atoms with Crippen molar-refractivity contribution in [2.45, 2.75) is 92.7 Å². The lowest BCUT2D eigenvalue weighted by molar-refractivity contribution is -0.134. The maximum Gasteiger partial charge on any atom is 0.224 e. The van der Waals surface area contributed by atoms with E-state index in [1.54, 1.807) is 13.8 Å². The van der Waals surface area contributed by atoms with E-state index in [2.05, 4.69) is 10.6 Å². The standard InChI is InChI=1S/C22H40N2O4/c1-8-9-10-19(26)18(11-14(2)3)24-22(28)17(15(4)5)12-20(27)21(16(6)7)23-13-25/h13-18,21H,8-12H2,1-7H3,(H,23,25)(H,24,28)/i13T. The number of unbranched alkanes of at least 4 members (excludes halogenated alkanes) is 1. The molecular formula is C22H40N2O4. The summed E-state index contributed by atoms with van der Waals surface area (Å²) < 4.78 is 7.09. The Bertz CT molecular complexity index is 561. The normalized spacial score (nSPS) is 15.1. The summed E-state index contributed by atoms with van der Waals surface area (Å²) in [6.45, 7) is 13.3. The molecule has 2 N–H and O–H groups in total. The summed E-state index contributed by atoms with van der Waals surface area (Å²) in [7, 11) is 0. The lowest BCUT2D eigenvalue weighted by atomic mass is 9.85. The molecule has 162 valence electrons. The van der Waals surface area contributed by atoms with Gasteiger partial charge in [-0.2, -0.15) is 0 Å². The van der Waals surface area contributed by atoms with Crippen molar-refractivity contribution >= 4 is 23.9 Å². The number of ketones is 2. The number of nitrogens with one attached hydrogen (secondary N) is 2. The largest absolute Gasteiger partial charge is 0.349 e. The first-order valence-corrected chi connectivity index (χ1v) is 10.5. The predicted octanol–water partition coefficient (Wildman–Crippen LogP) is 3.28. The number of amides is 2. The van der Waals surface area contributed by atoms with Crippen LogP contribution in [-0.4, -0.2) is 35.9 Å². The molecule has 0 fully saturated rings. The molecule has 0 aromatic rings. The SMILES string of the molecule is [3H]C(=O)NC(C(=O)CC(C(=O)NC(CC(C)C)C(=O)CCCC)C(C)C)C(C)C. The number of rotatable bonds is 14. The van der Waals surface area contributed by atoms with Gasteiger partial charge in [0.25, 0.3) is 0 Å². The van der Waals surface area contributed by atoms with Crippen LogP contribution >= 0.6 is 0 Å². The van der Waals surface area contributed by atoms with Crippen LogP contribution in [0.25, 0.3) is 0 Å². The van der Waals surface area contributed by atoms with Crippen molar-refractivity contribution in [3.05, 3.63) is 0 Å². The summed E-state index contributed by atoms with van der Waals surface area (Å²) in [5.74, 6) is -1.18. The highest BCUT2D eigenvalue weighted by atomic mass is 16.2. The highest BCUT2D eigenvalue weighted by molar-refractivity contribution is 5.93. The van der Waals surface area contributed by atoms with Gasteiger partial charge in [0.2, 0.25) is 12.3 Å². The van der Waals surface area contributed by atoms with Gasteiger partial charge in [-0.05, 0) is 30.6 Å². The lowest BCUT2D eigenvalue weighted by Crippen LogP contribution is -2.47. The third-order valence-corrected chi connectivity index (χ3v) is 4.98. The first kappa shape index (κ1) is 24.3. The van der Waals surface area contributed by atoms with Crippen LogP contribution in [0.15, 0.2) is 0 Å². The molecule has 0 saturated heterocycles. The summed E-state index contributed by atoms with van der Waals surface area (Å²) in [5.41, 5.74) is 0. The van der Waals surface area contributed by atoms with Crippen molar-refractivity contribution < 1.29 is 20.5 Å². The molecule has 3 unspecified atom stereocenters. The molecule has 6 nitrogen and oxygen atoms in total. The van der Waals surface area contributed by atoms with Crippen LogP contribution in [0.1, 0.15) is 81.9 Å². The zero-order valence-electron chi connectivity index (χ0n) is 19.6. The van der Waals surface area contributed by atoms with Crippen LogP contribution in [0.3, 0.4) is 0 Å². The molecule has 0 spiro atoms. The number of hydrogen-bond donors (Lipinski definition) is 2. The zero-order valence-corrected chi connectivity index (χ0v) is 18.6. The van der Waals surface area contributed by atoms with Crippen LogP contribution in [0.5, 0.6) is 0 Å². The smallest absolute Gasteiger partial charge is 0.224 e. The van der Waals surface area contributed by atoms with Crippen molar-refractivity contribution in [2.75, 3.05) is 0 Å². The summed E-state index contributed by atoms with van der Waals surface area (Å²) in [4.78, 5) is 49.4. The van der Waals surface area contributed by atoms with E-state index in [4.69, 9.17) is 1.37 Å². The van der Waals surface area contributed by atoms with E-state index in [9.17, 15) is 19.2 Å². The van der Waals surface area contributed by atoms with E-state index < -0.39 is 24.4 Å². The van der Waals surface area contributed by atoms with Gasteiger partial charge in [-0.1, -0.05) is 54.9 Å². The van der Waals surface area contributed by atoms with E-state index >= 15 is 0 Å². The number of hydrogen-bond acceptors (Lipinski definition) is 4. The van der Waals surface area contributed by atoms with Crippen LogP contribution in [-0.2, 0) is 19.2 Å². The second-order valence-corrected chi connectivity index (χ2v) is 8.75. The molecule has 0 aliphatic heterocycles. The van der Waals surface area contributed by atoms with Crippen molar-refractivity contribution in [1.29, 1.82) is 0 Å². The molecule has 0 radical (unpaired) electrons. The molecule has 3 atom stereocenters. The molecule has 2 amide bonds. The minimum Gasteiger partial charge on any atom is -0.349 e. The quantitative estimate of drug-likeness (QED) is 0.439. The number of carbonyl (C=O) groups excluding carboxylic acids is 4. The van der Waals surface area contributed by atoms with Gasteiger partial charge in [0, 0.05) is 18.8 Å². The van der Waals surface area contributed by atoms with Crippen molar-refractivity contribution in [3.8, 4) is 0 Å². The second kappa shape index (κ2) is 13.5.